The molecule has 0 spiro atoms. The quantitative estimate of drug-likeness (QED) is 0.438. The lowest BCUT2D eigenvalue weighted by Gasteiger charge is -2.36. The van der Waals surface area contributed by atoms with Crippen molar-refractivity contribution >= 4 is 39.3 Å². The summed E-state index contributed by atoms with van der Waals surface area (Å²) in [5.74, 6) is 1.17. The molecule has 2 fully saturated rings. The van der Waals surface area contributed by atoms with Gasteiger partial charge in [0.1, 0.15) is 12.1 Å². The van der Waals surface area contributed by atoms with Gasteiger partial charge in [-0.05, 0) is 47.7 Å². The van der Waals surface area contributed by atoms with Gasteiger partial charge in [-0.1, -0.05) is 54.6 Å². The molecule has 1 aromatic heterocycles. The van der Waals surface area contributed by atoms with E-state index in [1.54, 1.807) is 6.33 Å². The van der Waals surface area contributed by atoms with Crippen LogP contribution in [0, 0.1) is 0 Å². The third-order valence-electron chi connectivity index (χ3n) is 7.92. The summed E-state index contributed by atoms with van der Waals surface area (Å²) in [6.45, 7) is 2.81. The van der Waals surface area contributed by atoms with Gasteiger partial charge < -0.3 is 15.1 Å². The number of aromatic nitrogens is 2. The van der Waals surface area contributed by atoms with Gasteiger partial charge in [0.25, 0.3) is 0 Å². The van der Waals surface area contributed by atoms with E-state index >= 15 is 0 Å². The molecule has 7 heteroatoms. The lowest BCUT2D eigenvalue weighted by atomic mass is 9.83. The summed E-state index contributed by atoms with van der Waals surface area (Å²) in [6, 6.07) is 22.7. The molecule has 37 heavy (non-hydrogen) atoms. The molecular formula is C30H31N5O2. The molecule has 0 aliphatic carbocycles. The fourth-order valence-corrected chi connectivity index (χ4v) is 5.91. The Balaban J connectivity index is 1.11. The number of para-hydroxylation sites is 1. The monoisotopic (exact) mass is 493 g/mol. The highest BCUT2D eigenvalue weighted by atomic mass is 16.2. The predicted molar refractivity (Wildman–Crippen MR) is 145 cm³/mol. The summed E-state index contributed by atoms with van der Waals surface area (Å²) in [6.07, 6.45) is 4.71. The molecule has 2 saturated heterocycles. The molecule has 4 aromatic rings. The van der Waals surface area contributed by atoms with Crippen molar-refractivity contribution in [1.29, 1.82) is 0 Å². The molecular weight excluding hydrogens is 462 g/mol. The summed E-state index contributed by atoms with van der Waals surface area (Å²) in [5, 5.41) is 6.70. The van der Waals surface area contributed by atoms with Crippen LogP contribution in [0.5, 0.6) is 0 Å². The second-order valence-corrected chi connectivity index (χ2v) is 10.2. The van der Waals surface area contributed by atoms with Crippen molar-refractivity contribution in [2.24, 2.45) is 0 Å². The SMILES string of the molecule is O=C1CCC(CCC(=O)N2CCN(c3ncnc4ccccc34)CC2)(Cc2cccc3ccccc23)N1. The lowest BCUT2D eigenvalue weighted by molar-refractivity contribution is -0.132. The number of amides is 2. The number of nitrogens with zero attached hydrogens (tertiary/aromatic N) is 4. The van der Waals surface area contributed by atoms with Gasteiger partial charge in [-0.2, -0.15) is 0 Å². The van der Waals surface area contributed by atoms with Gasteiger partial charge in [-0.25, -0.2) is 9.97 Å². The maximum Gasteiger partial charge on any atom is 0.222 e. The van der Waals surface area contributed by atoms with E-state index < -0.39 is 0 Å². The van der Waals surface area contributed by atoms with E-state index in [-0.39, 0.29) is 17.4 Å². The molecule has 0 radical (unpaired) electrons. The van der Waals surface area contributed by atoms with Crippen LogP contribution in [0.4, 0.5) is 5.82 Å². The summed E-state index contributed by atoms with van der Waals surface area (Å²) in [5.41, 5.74) is 1.78. The minimum Gasteiger partial charge on any atom is -0.352 e. The molecule has 2 aliphatic rings. The van der Waals surface area contributed by atoms with Gasteiger partial charge in [-0.3, -0.25) is 9.59 Å². The normalized spacial score (nSPS) is 19.9. The summed E-state index contributed by atoms with van der Waals surface area (Å²) < 4.78 is 0. The van der Waals surface area contributed by atoms with E-state index in [4.69, 9.17) is 0 Å². The number of hydrogen-bond acceptors (Lipinski definition) is 5. The van der Waals surface area contributed by atoms with Crippen molar-refractivity contribution in [3.63, 3.8) is 0 Å². The zero-order chi connectivity index (χ0) is 25.2. The van der Waals surface area contributed by atoms with Crippen LogP contribution in [0.3, 0.4) is 0 Å². The zero-order valence-electron chi connectivity index (χ0n) is 20.9. The first-order valence-corrected chi connectivity index (χ1v) is 13.1. The Morgan fingerprint density at radius 2 is 1.65 bits per heavy atom. The van der Waals surface area contributed by atoms with E-state index in [1.165, 1.54) is 16.3 Å². The van der Waals surface area contributed by atoms with E-state index in [0.717, 1.165) is 42.7 Å². The maximum atomic E-state index is 13.3. The number of anilines is 1. The number of carbonyl (C=O) groups is 2. The summed E-state index contributed by atoms with van der Waals surface area (Å²) >= 11 is 0. The minimum atomic E-state index is -0.376. The van der Waals surface area contributed by atoms with Gasteiger partial charge in [0.05, 0.1) is 5.52 Å². The highest BCUT2D eigenvalue weighted by molar-refractivity contribution is 5.89. The number of nitrogens with one attached hydrogen (secondary N) is 1. The molecule has 6 rings (SSSR count). The van der Waals surface area contributed by atoms with Gasteiger partial charge in [-0.15, -0.1) is 0 Å². The maximum absolute atomic E-state index is 13.3. The van der Waals surface area contributed by atoms with Gasteiger partial charge in [0, 0.05) is 49.9 Å². The average Bonchev–Trinajstić information content (AvgIpc) is 3.32. The van der Waals surface area contributed by atoms with Gasteiger partial charge in [0.2, 0.25) is 11.8 Å². The van der Waals surface area contributed by atoms with Crippen molar-refractivity contribution in [1.82, 2.24) is 20.2 Å². The predicted octanol–water partition coefficient (Wildman–Crippen LogP) is 4.10. The fourth-order valence-electron chi connectivity index (χ4n) is 5.91. The Morgan fingerprint density at radius 3 is 2.46 bits per heavy atom. The lowest BCUT2D eigenvalue weighted by Crippen LogP contribution is -2.50. The van der Waals surface area contributed by atoms with E-state index in [1.807, 2.05) is 35.2 Å². The third-order valence-corrected chi connectivity index (χ3v) is 7.92. The summed E-state index contributed by atoms with van der Waals surface area (Å²) in [7, 11) is 0. The number of benzene rings is 3. The van der Waals surface area contributed by atoms with Crippen molar-refractivity contribution in [2.75, 3.05) is 31.1 Å². The van der Waals surface area contributed by atoms with Crippen molar-refractivity contribution < 1.29 is 9.59 Å². The average molecular weight is 494 g/mol. The van der Waals surface area contributed by atoms with Crippen LogP contribution in [0.1, 0.15) is 31.2 Å². The Bertz CT molecular complexity index is 1450. The molecule has 3 heterocycles. The Labute approximate surface area is 216 Å². The number of rotatable bonds is 6. The van der Waals surface area contributed by atoms with E-state index in [2.05, 4.69) is 56.6 Å². The van der Waals surface area contributed by atoms with Crippen LogP contribution < -0.4 is 10.2 Å². The first kappa shape index (κ1) is 23.4. The highest BCUT2D eigenvalue weighted by Gasteiger charge is 2.38. The molecule has 0 saturated carbocycles. The third kappa shape index (κ3) is 4.73. The van der Waals surface area contributed by atoms with E-state index in [9.17, 15) is 9.59 Å². The smallest absolute Gasteiger partial charge is 0.222 e. The van der Waals surface area contributed by atoms with E-state index in [0.29, 0.717) is 32.4 Å². The zero-order valence-corrected chi connectivity index (χ0v) is 20.9. The summed E-state index contributed by atoms with van der Waals surface area (Å²) in [4.78, 5) is 38.7. The minimum absolute atomic E-state index is 0.0818. The molecule has 1 atom stereocenters. The molecule has 1 unspecified atom stereocenters. The number of carbonyl (C=O) groups excluding carboxylic acids is 2. The Morgan fingerprint density at radius 1 is 0.892 bits per heavy atom. The molecule has 188 valence electrons. The highest BCUT2D eigenvalue weighted by Crippen LogP contribution is 2.32. The van der Waals surface area contributed by atoms with Crippen LogP contribution >= 0.6 is 0 Å². The number of fused-ring (bicyclic) bond motifs is 2. The largest absolute Gasteiger partial charge is 0.352 e. The van der Waals surface area contributed by atoms with Crippen LogP contribution in [0.15, 0.2) is 73.1 Å². The topological polar surface area (TPSA) is 78.4 Å². The molecule has 2 amide bonds. The van der Waals surface area contributed by atoms with Crippen molar-refractivity contribution in [3.05, 3.63) is 78.6 Å². The Kier molecular flexibility index (Phi) is 6.20. The Hall–Kier alpha value is -4.00. The van der Waals surface area contributed by atoms with Crippen LogP contribution in [-0.2, 0) is 16.0 Å². The molecule has 1 N–H and O–H groups in total. The molecule has 3 aromatic carbocycles. The first-order valence-electron chi connectivity index (χ1n) is 13.1. The van der Waals surface area contributed by atoms with Gasteiger partial charge >= 0.3 is 0 Å². The van der Waals surface area contributed by atoms with Crippen LogP contribution in [0.25, 0.3) is 21.7 Å². The van der Waals surface area contributed by atoms with Crippen LogP contribution in [-0.4, -0.2) is 58.4 Å². The number of hydrogen-bond donors (Lipinski definition) is 1. The first-order chi connectivity index (χ1) is 18.1. The molecule has 0 bridgehead atoms. The molecule has 2 aliphatic heterocycles. The van der Waals surface area contributed by atoms with Gasteiger partial charge in [0.15, 0.2) is 0 Å². The second-order valence-electron chi connectivity index (χ2n) is 10.2. The van der Waals surface area contributed by atoms with Crippen molar-refractivity contribution in [3.8, 4) is 0 Å². The second kappa shape index (κ2) is 9.81. The standard InChI is InChI=1S/C30H31N5O2/c36-27-12-14-30(33-27,20-23-8-5-7-22-6-1-2-9-24(22)23)15-13-28(37)34-16-18-35(19-17-34)29-25-10-3-4-11-26(25)31-21-32-29/h1-11,21H,12-20H2,(H,33,36). The fraction of sp³-hybridized carbons (Fsp3) is 0.333. The molecule has 7 nitrogen and oxygen atoms in total. The van der Waals surface area contributed by atoms with Crippen LogP contribution in [0.2, 0.25) is 0 Å². The number of piperazine rings is 1. The van der Waals surface area contributed by atoms with Crippen molar-refractivity contribution in [2.45, 2.75) is 37.6 Å².